The third-order valence-electron chi connectivity index (χ3n) is 1.59. The van der Waals surface area contributed by atoms with Crippen molar-refractivity contribution in [2.45, 2.75) is 52.4 Å². The fourth-order valence-corrected chi connectivity index (χ4v) is 0.976. The molecule has 0 spiro atoms. The van der Waals surface area contributed by atoms with E-state index in [-0.39, 0.29) is 0 Å². The van der Waals surface area contributed by atoms with Crippen LogP contribution >= 0.6 is 0 Å². The van der Waals surface area contributed by atoms with Gasteiger partial charge in [0, 0.05) is 12.8 Å². The summed E-state index contributed by atoms with van der Waals surface area (Å²) in [6.07, 6.45) is 6.10. The molecule has 0 aromatic rings. The predicted octanol–water partition coefficient (Wildman–Crippen LogP) is 2.28. The van der Waals surface area contributed by atoms with Crippen LogP contribution in [0.15, 0.2) is 0 Å². The summed E-state index contributed by atoms with van der Waals surface area (Å²) in [6, 6.07) is 0. The topological polar surface area (TPSA) is 91.7 Å². The van der Waals surface area contributed by atoms with Gasteiger partial charge in [-0.15, -0.1) is 0 Å². The van der Waals surface area contributed by atoms with E-state index in [0.29, 0.717) is 5.78 Å². The van der Waals surface area contributed by atoms with Crippen LogP contribution in [0.3, 0.4) is 0 Å². The molecule has 5 nitrogen and oxygen atoms in total. The van der Waals surface area contributed by atoms with Crippen LogP contribution in [0, 0.1) is 0 Å². The van der Waals surface area contributed by atoms with Crippen LogP contribution in [-0.4, -0.2) is 23.3 Å². The molecule has 92 valence electrons. The Bertz CT molecular complexity index is 237. The molecule has 0 saturated heterocycles. The summed E-state index contributed by atoms with van der Waals surface area (Å²) in [5.74, 6) is 0.441. The second-order valence-electron chi connectivity index (χ2n) is 3.19. The minimum Gasteiger partial charge on any atom is -0.300 e. The van der Waals surface area contributed by atoms with Crippen LogP contribution in [-0.2, 0) is 15.2 Å². The highest BCUT2D eigenvalue weighted by Gasteiger charge is 1.97. The van der Waals surface area contributed by atoms with Crippen LogP contribution < -0.4 is 0 Å². The van der Waals surface area contributed by atoms with Crippen LogP contribution in [0.1, 0.15) is 52.4 Å². The van der Waals surface area contributed by atoms with Gasteiger partial charge < -0.3 is 0 Å². The van der Waals surface area contributed by atoms with Crippen LogP contribution in [0.4, 0.5) is 0 Å². The third-order valence-corrected chi connectivity index (χ3v) is 1.59. The zero-order valence-electron chi connectivity index (χ0n) is 9.27. The Morgan fingerprint density at radius 1 is 1.00 bits per heavy atom. The van der Waals surface area contributed by atoms with Crippen molar-refractivity contribution in [3.63, 3.8) is 0 Å². The third kappa shape index (κ3) is 31.7. The van der Waals surface area contributed by atoms with Gasteiger partial charge >= 0.3 is 10.4 Å². The lowest BCUT2D eigenvalue weighted by atomic mass is 10.1. The van der Waals surface area contributed by atoms with E-state index in [4.69, 9.17) is 17.5 Å². The van der Waals surface area contributed by atoms with E-state index in [1.54, 1.807) is 0 Å². The Kier molecular flexibility index (Phi) is 11.4. The van der Waals surface area contributed by atoms with Gasteiger partial charge in [-0.25, -0.2) is 0 Å². The maximum Gasteiger partial charge on any atom is 0.394 e. The standard InChI is InChI=1S/C9H18O.H2O4S/c1-3-5-6-8-9(10)7-4-2;1-5(2,3)4/h3-8H2,1-2H3;(H2,1,2,3,4). The minimum absolute atomic E-state index is 0.441. The van der Waals surface area contributed by atoms with Gasteiger partial charge in [0.15, 0.2) is 0 Å². The SMILES string of the molecule is CCCCCC(=O)CCC.O=S(=O)(O)O. The van der Waals surface area contributed by atoms with Gasteiger partial charge in [0.2, 0.25) is 0 Å². The van der Waals surface area contributed by atoms with Crippen LogP contribution in [0.5, 0.6) is 0 Å². The summed E-state index contributed by atoms with van der Waals surface area (Å²) in [5.41, 5.74) is 0. The molecule has 0 bridgehead atoms. The number of rotatable bonds is 6. The van der Waals surface area contributed by atoms with E-state index in [1.807, 2.05) is 0 Å². The molecule has 2 N–H and O–H groups in total. The summed E-state index contributed by atoms with van der Waals surface area (Å²) in [5, 5.41) is 0. The average molecular weight is 240 g/mol. The fraction of sp³-hybridized carbons (Fsp3) is 0.889. The first-order chi connectivity index (χ1) is 6.81. The number of hydrogen-bond donors (Lipinski definition) is 2. The summed E-state index contributed by atoms with van der Waals surface area (Å²) in [6.45, 7) is 4.21. The normalized spacial score (nSPS) is 10.4. The first-order valence-corrected chi connectivity index (χ1v) is 6.42. The van der Waals surface area contributed by atoms with Gasteiger partial charge in [0.1, 0.15) is 5.78 Å². The van der Waals surface area contributed by atoms with Crippen molar-refractivity contribution < 1.29 is 22.3 Å². The molecular weight excluding hydrogens is 220 g/mol. The van der Waals surface area contributed by atoms with E-state index in [2.05, 4.69) is 13.8 Å². The Morgan fingerprint density at radius 2 is 1.47 bits per heavy atom. The lowest BCUT2D eigenvalue weighted by Gasteiger charge is -1.96. The zero-order chi connectivity index (χ0) is 12.3. The number of Topliss-reactive ketones (excluding diaryl/α,β-unsaturated/α-hetero) is 1. The molecule has 0 aliphatic heterocycles. The van der Waals surface area contributed by atoms with Gasteiger partial charge in [-0.1, -0.05) is 26.7 Å². The first kappa shape index (κ1) is 17.0. The number of ketones is 1. The molecule has 0 aliphatic carbocycles. The molecule has 0 atom stereocenters. The highest BCUT2D eigenvalue weighted by molar-refractivity contribution is 7.79. The van der Waals surface area contributed by atoms with Crippen molar-refractivity contribution in [3.8, 4) is 0 Å². The van der Waals surface area contributed by atoms with E-state index < -0.39 is 10.4 Å². The quantitative estimate of drug-likeness (QED) is 0.549. The fourth-order valence-electron chi connectivity index (χ4n) is 0.976. The van der Waals surface area contributed by atoms with E-state index in [0.717, 1.165) is 25.7 Å². The molecule has 0 fully saturated rings. The molecule has 0 saturated carbocycles. The Balaban J connectivity index is 0. The lowest BCUT2D eigenvalue weighted by molar-refractivity contribution is -0.119. The highest BCUT2D eigenvalue weighted by atomic mass is 32.3. The molecule has 0 unspecified atom stereocenters. The van der Waals surface area contributed by atoms with Crippen molar-refractivity contribution in [2.75, 3.05) is 0 Å². The molecule has 6 heteroatoms. The van der Waals surface area contributed by atoms with Crippen molar-refractivity contribution in [1.82, 2.24) is 0 Å². The lowest BCUT2D eigenvalue weighted by Crippen LogP contribution is -1.95. The molecule has 0 rings (SSSR count). The maximum absolute atomic E-state index is 10.9. The molecule has 0 amide bonds. The van der Waals surface area contributed by atoms with Gasteiger partial charge in [-0.3, -0.25) is 13.9 Å². The second kappa shape index (κ2) is 10.1. The summed E-state index contributed by atoms with van der Waals surface area (Å²) < 4.78 is 31.6. The molecule has 0 radical (unpaired) electrons. The minimum atomic E-state index is -4.67. The number of carbonyl (C=O) groups excluding carboxylic acids is 1. The largest absolute Gasteiger partial charge is 0.394 e. The zero-order valence-corrected chi connectivity index (χ0v) is 10.1. The van der Waals surface area contributed by atoms with Crippen LogP contribution in [0.2, 0.25) is 0 Å². The number of unbranched alkanes of at least 4 members (excludes halogenated alkanes) is 2. The van der Waals surface area contributed by atoms with E-state index in [9.17, 15) is 4.79 Å². The van der Waals surface area contributed by atoms with Crippen LogP contribution in [0.25, 0.3) is 0 Å². The van der Waals surface area contributed by atoms with Crippen molar-refractivity contribution in [3.05, 3.63) is 0 Å². The molecule has 0 heterocycles. The highest BCUT2D eigenvalue weighted by Crippen LogP contribution is 2.02. The Morgan fingerprint density at radius 3 is 1.80 bits per heavy atom. The van der Waals surface area contributed by atoms with E-state index >= 15 is 0 Å². The van der Waals surface area contributed by atoms with Gasteiger partial charge in [-0.05, 0) is 12.8 Å². The first-order valence-electron chi connectivity index (χ1n) is 5.02. The molecule has 0 aromatic heterocycles. The maximum atomic E-state index is 10.9. The molecule has 0 aliphatic rings. The summed E-state index contributed by atoms with van der Waals surface area (Å²) in [7, 11) is -4.67. The summed E-state index contributed by atoms with van der Waals surface area (Å²) in [4.78, 5) is 10.9. The smallest absolute Gasteiger partial charge is 0.300 e. The van der Waals surface area contributed by atoms with Crippen molar-refractivity contribution in [2.24, 2.45) is 0 Å². The molecule has 0 aromatic carbocycles. The Labute approximate surface area is 91.5 Å². The van der Waals surface area contributed by atoms with Gasteiger partial charge in [-0.2, -0.15) is 8.42 Å². The van der Waals surface area contributed by atoms with Gasteiger partial charge in [0.05, 0.1) is 0 Å². The number of hydrogen-bond acceptors (Lipinski definition) is 3. The van der Waals surface area contributed by atoms with Crippen molar-refractivity contribution >= 4 is 16.2 Å². The average Bonchev–Trinajstić information content (AvgIpc) is 2.02. The van der Waals surface area contributed by atoms with Crippen molar-refractivity contribution in [1.29, 1.82) is 0 Å². The number of carbonyl (C=O) groups is 1. The van der Waals surface area contributed by atoms with E-state index in [1.165, 1.54) is 12.8 Å². The monoisotopic (exact) mass is 240 g/mol. The summed E-state index contributed by atoms with van der Waals surface area (Å²) >= 11 is 0. The van der Waals surface area contributed by atoms with Gasteiger partial charge in [0.25, 0.3) is 0 Å². The molecular formula is C9H20O5S. The predicted molar refractivity (Wildman–Crippen MR) is 58.2 cm³/mol. The molecule has 15 heavy (non-hydrogen) atoms. The Hall–Kier alpha value is -0.460. The second-order valence-corrected chi connectivity index (χ2v) is 4.09.